The van der Waals surface area contributed by atoms with Crippen LogP contribution in [0, 0.1) is 3.57 Å². The number of ether oxygens (including phenoxy) is 1. The van der Waals surface area contributed by atoms with Gasteiger partial charge < -0.3 is 4.74 Å². The van der Waals surface area contributed by atoms with Crippen molar-refractivity contribution in [2.45, 2.75) is 13.3 Å². The predicted molar refractivity (Wildman–Crippen MR) is 72.3 cm³/mol. The fraction of sp³-hybridized carbons (Fsp3) is 0.455. The minimum Gasteiger partial charge on any atom is -0.492 e. The number of para-hydroxylation sites is 1. The highest BCUT2D eigenvalue weighted by Crippen LogP contribution is 2.19. The summed E-state index contributed by atoms with van der Waals surface area (Å²) in [6.07, 6.45) is 1.13. The van der Waals surface area contributed by atoms with E-state index in [2.05, 4.69) is 35.6 Å². The zero-order valence-corrected chi connectivity index (χ0v) is 11.3. The van der Waals surface area contributed by atoms with Gasteiger partial charge in [0.05, 0.1) is 10.2 Å². The zero-order chi connectivity index (χ0) is 10.2. The van der Waals surface area contributed by atoms with E-state index in [9.17, 15) is 0 Å². The Labute approximate surface area is 104 Å². The van der Waals surface area contributed by atoms with Gasteiger partial charge in [-0.3, -0.25) is 0 Å². The van der Waals surface area contributed by atoms with E-state index >= 15 is 0 Å². The molecule has 14 heavy (non-hydrogen) atoms. The minimum atomic E-state index is 0.826. The molecule has 3 heteroatoms. The summed E-state index contributed by atoms with van der Waals surface area (Å²) in [5.74, 6) is 3.40. The summed E-state index contributed by atoms with van der Waals surface area (Å²) >= 11 is 4.26. The van der Waals surface area contributed by atoms with Crippen molar-refractivity contribution in [1.82, 2.24) is 0 Å². The van der Waals surface area contributed by atoms with Crippen LogP contribution < -0.4 is 4.74 Å². The van der Waals surface area contributed by atoms with E-state index in [0.29, 0.717) is 0 Å². The lowest BCUT2D eigenvalue weighted by Crippen LogP contribution is -1.99. The summed E-state index contributed by atoms with van der Waals surface area (Å²) in [6.45, 7) is 3.01. The summed E-state index contributed by atoms with van der Waals surface area (Å²) in [6, 6.07) is 8.13. The molecule has 78 valence electrons. The van der Waals surface area contributed by atoms with Crippen LogP contribution >= 0.6 is 34.4 Å². The minimum absolute atomic E-state index is 0.826. The van der Waals surface area contributed by atoms with Crippen molar-refractivity contribution in [1.29, 1.82) is 0 Å². The number of thioether (sulfide) groups is 1. The number of hydrogen-bond acceptors (Lipinski definition) is 2. The Morgan fingerprint density at radius 1 is 1.36 bits per heavy atom. The molecule has 0 spiro atoms. The Morgan fingerprint density at radius 2 is 2.14 bits per heavy atom. The molecule has 0 bridgehead atoms. The molecule has 1 nitrogen and oxygen atoms in total. The molecular weight excluding hydrogens is 307 g/mol. The second kappa shape index (κ2) is 7.40. The molecule has 0 aliphatic carbocycles. The average molecular weight is 322 g/mol. The van der Waals surface area contributed by atoms with Gasteiger partial charge in [0.25, 0.3) is 0 Å². The van der Waals surface area contributed by atoms with Crippen LogP contribution in [0.5, 0.6) is 5.75 Å². The summed E-state index contributed by atoms with van der Waals surface area (Å²) in [5.41, 5.74) is 0. The molecule has 0 aromatic heterocycles. The molecule has 0 aliphatic heterocycles. The average Bonchev–Trinajstić information content (AvgIpc) is 2.20. The standard InChI is InChI=1S/C11H15IOS/c1-2-14-9-5-8-13-11-7-4-3-6-10(11)12/h3-4,6-7H,2,5,8-9H2,1H3. The van der Waals surface area contributed by atoms with Gasteiger partial charge in [-0.05, 0) is 52.7 Å². The lowest BCUT2D eigenvalue weighted by molar-refractivity contribution is 0.316. The predicted octanol–water partition coefficient (Wildman–Crippen LogP) is 3.81. The van der Waals surface area contributed by atoms with Crippen LogP contribution in [0.25, 0.3) is 0 Å². The normalized spacial score (nSPS) is 10.1. The monoisotopic (exact) mass is 322 g/mol. The molecule has 0 fully saturated rings. The van der Waals surface area contributed by atoms with E-state index in [1.165, 1.54) is 15.1 Å². The second-order valence-electron chi connectivity index (χ2n) is 2.83. The third-order valence-electron chi connectivity index (χ3n) is 1.73. The summed E-state index contributed by atoms with van der Waals surface area (Å²) in [4.78, 5) is 0. The quantitative estimate of drug-likeness (QED) is 0.582. The third kappa shape index (κ3) is 4.55. The van der Waals surface area contributed by atoms with Crippen LogP contribution in [-0.4, -0.2) is 18.1 Å². The van der Waals surface area contributed by atoms with Gasteiger partial charge in [0, 0.05) is 0 Å². The maximum Gasteiger partial charge on any atom is 0.132 e. The molecule has 0 saturated carbocycles. The highest BCUT2D eigenvalue weighted by molar-refractivity contribution is 14.1. The summed E-state index contributed by atoms with van der Waals surface area (Å²) in [5, 5.41) is 0. The first-order valence-electron chi connectivity index (χ1n) is 4.79. The molecule has 0 amide bonds. The van der Waals surface area contributed by atoms with E-state index in [1.54, 1.807) is 0 Å². The number of rotatable bonds is 6. The van der Waals surface area contributed by atoms with E-state index < -0.39 is 0 Å². The maximum atomic E-state index is 5.66. The SMILES string of the molecule is CCSCCCOc1ccccc1I. The van der Waals surface area contributed by atoms with Gasteiger partial charge in [0.2, 0.25) is 0 Å². The van der Waals surface area contributed by atoms with Gasteiger partial charge >= 0.3 is 0 Å². The Kier molecular flexibility index (Phi) is 6.43. The Morgan fingerprint density at radius 3 is 2.86 bits per heavy atom. The van der Waals surface area contributed by atoms with Crippen molar-refractivity contribution in [3.63, 3.8) is 0 Å². The van der Waals surface area contributed by atoms with Crippen molar-refractivity contribution >= 4 is 34.4 Å². The second-order valence-corrected chi connectivity index (χ2v) is 5.39. The molecular formula is C11H15IOS. The summed E-state index contributed by atoms with van der Waals surface area (Å²) in [7, 11) is 0. The van der Waals surface area contributed by atoms with Crippen molar-refractivity contribution in [3.8, 4) is 5.75 Å². The molecule has 0 radical (unpaired) electrons. The molecule has 0 saturated heterocycles. The van der Waals surface area contributed by atoms with Crippen LogP contribution in [0.1, 0.15) is 13.3 Å². The Hall–Kier alpha value is 0.100. The molecule has 1 rings (SSSR count). The maximum absolute atomic E-state index is 5.66. The van der Waals surface area contributed by atoms with E-state index in [4.69, 9.17) is 4.74 Å². The van der Waals surface area contributed by atoms with Crippen LogP contribution in [-0.2, 0) is 0 Å². The number of hydrogen-bond donors (Lipinski definition) is 0. The fourth-order valence-corrected chi connectivity index (χ4v) is 2.20. The molecule has 1 aromatic carbocycles. The topological polar surface area (TPSA) is 9.23 Å². The van der Waals surface area contributed by atoms with E-state index in [1.807, 2.05) is 30.0 Å². The summed E-state index contributed by atoms with van der Waals surface area (Å²) < 4.78 is 6.85. The van der Waals surface area contributed by atoms with Crippen molar-refractivity contribution < 1.29 is 4.74 Å². The first-order valence-corrected chi connectivity index (χ1v) is 7.03. The Balaban J connectivity index is 2.21. The highest BCUT2D eigenvalue weighted by atomic mass is 127. The van der Waals surface area contributed by atoms with Crippen molar-refractivity contribution in [3.05, 3.63) is 27.8 Å². The van der Waals surface area contributed by atoms with Crippen LogP contribution in [0.2, 0.25) is 0 Å². The number of halogens is 1. The van der Waals surface area contributed by atoms with Gasteiger partial charge in [-0.1, -0.05) is 19.1 Å². The van der Waals surface area contributed by atoms with Gasteiger partial charge in [-0.2, -0.15) is 11.8 Å². The molecule has 0 unspecified atom stereocenters. The number of benzene rings is 1. The van der Waals surface area contributed by atoms with Gasteiger partial charge in [0.15, 0.2) is 0 Å². The highest BCUT2D eigenvalue weighted by Gasteiger charge is 1.97. The lowest BCUT2D eigenvalue weighted by Gasteiger charge is -2.07. The van der Waals surface area contributed by atoms with Crippen molar-refractivity contribution in [2.75, 3.05) is 18.1 Å². The zero-order valence-electron chi connectivity index (χ0n) is 8.33. The van der Waals surface area contributed by atoms with E-state index in [0.717, 1.165) is 18.8 Å². The molecule has 0 aliphatic rings. The van der Waals surface area contributed by atoms with Gasteiger partial charge in [-0.15, -0.1) is 0 Å². The first-order chi connectivity index (χ1) is 6.84. The largest absolute Gasteiger partial charge is 0.492 e. The third-order valence-corrected chi connectivity index (χ3v) is 3.61. The fourth-order valence-electron chi connectivity index (χ4n) is 1.05. The van der Waals surface area contributed by atoms with Gasteiger partial charge in [0.1, 0.15) is 5.75 Å². The molecule has 0 atom stereocenters. The molecule has 1 aromatic rings. The van der Waals surface area contributed by atoms with Crippen LogP contribution in [0.15, 0.2) is 24.3 Å². The first kappa shape index (κ1) is 12.2. The molecule has 0 N–H and O–H groups in total. The smallest absolute Gasteiger partial charge is 0.132 e. The van der Waals surface area contributed by atoms with E-state index in [-0.39, 0.29) is 0 Å². The Bertz CT molecular complexity index is 265. The molecule has 0 heterocycles. The lowest BCUT2D eigenvalue weighted by atomic mass is 10.3. The van der Waals surface area contributed by atoms with Gasteiger partial charge in [-0.25, -0.2) is 0 Å². The van der Waals surface area contributed by atoms with Crippen LogP contribution in [0.4, 0.5) is 0 Å². The van der Waals surface area contributed by atoms with Crippen LogP contribution in [0.3, 0.4) is 0 Å². The van der Waals surface area contributed by atoms with Crippen molar-refractivity contribution in [2.24, 2.45) is 0 Å².